The number of hydrogen-bond acceptors (Lipinski definition) is 6. The molecule has 0 amide bonds. The third-order valence-electron chi connectivity index (χ3n) is 7.01. The largest absolute Gasteiger partial charge is 0.491 e. The molecule has 8 heteroatoms. The summed E-state index contributed by atoms with van der Waals surface area (Å²) in [5.74, 6) is 1.30. The fraction of sp³-hybridized carbons (Fsp3) is 0.286. The SMILES string of the molecule is CN1CCCC(COc2cc(-c3ccc(C#N)cc3)c(-c3cnc4c(c3)ncn4C)n3cncc23)C1. The fourth-order valence-electron chi connectivity index (χ4n) is 5.18. The van der Waals surface area contributed by atoms with Crippen molar-refractivity contribution in [3.05, 3.63) is 67.0 Å². The molecule has 4 aromatic heterocycles. The number of likely N-dealkylation sites (tertiary alicyclic amines) is 1. The zero-order valence-corrected chi connectivity index (χ0v) is 20.4. The Bertz CT molecular complexity index is 1590. The molecule has 1 aromatic carbocycles. The highest BCUT2D eigenvalue weighted by Crippen LogP contribution is 2.38. The van der Waals surface area contributed by atoms with Crippen molar-refractivity contribution in [3.8, 4) is 34.2 Å². The van der Waals surface area contributed by atoms with Crippen LogP contribution in [0.2, 0.25) is 0 Å². The summed E-state index contributed by atoms with van der Waals surface area (Å²) in [6.45, 7) is 2.86. The normalized spacial score (nSPS) is 16.4. The second-order valence-electron chi connectivity index (χ2n) is 9.61. The number of ether oxygens (including phenoxy) is 1. The lowest BCUT2D eigenvalue weighted by atomic mass is 9.98. The Morgan fingerprint density at radius 2 is 1.92 bits per heavy atom. The molecule has 0 radical (unpaired) electrons. The van der Waals surface area contributed by atoms with E-state index >= 15 is 0 Å². The van der Waals surface area contributed by atoms with Crippen LogP contribution in [-0.2, 0) is 7.05 Å². The number of aryl methyl sites for hydroxylation is 1. The molecule has 5 aromatic rings. The van der Waals surface area contributed by atoms with Gasteiger partial charge in [-0.1, -0.05) is 12.1 Å². The third-order valence-corrected chi connectivity index (χ3v) is 7.01. The van der Waals surface area contributed by atoms with Crippen LogP contribution in [0.1, 0.15) is 18.4 Å². The lowest BCUT2D eigenvalue weighted by molar-refractivity contribution is 0.151. The van der Waals surface area contributed by atoms with Gasteiger partial charge in [0, 0.05) is 36.8 Å². The van der Waals surface area contributed by atoms with Crippen molar-refractivity contribution in [2.45, 2.75) is 12.8 Å². The topological polar surface area (TPSA) is 84.3 Å². The first-order valence-corrected chi connectivity index (χ1v) is 12.2. The standard InChI is InChI=1S/C28H27N7O/c1-33-9-3-4-20(15-33)16-36-26-11-23(21-7-5-19(12-29)6-8-21)27(35-17-30-14-25(26)35)22-10-24-28(31-13-22)34(2)18-32-24/h5-8,10-11,13-14,17-18,20H,3-4,9,15-16H2,1-2H3. The van der Waals surface area contributed by atoms with Crippen LogP contribution in [0, 0.1) is 17.2 Å². The van der Waals surface area contributed by atoms with E-state index in [-0.39, 0.29) is 0 Å². The summed E-state index contributed by atoms with van der Waals surface area (Å²) >= 11 is 0. The summed E-state index contributed by atoms with van der Waals surface area (Å²) in [6, 6.07) is 14.0. The van der Waals surface area contributed by atoms with E-state index in [9.17, 15) is 5.26 Å². The van der Waals surface area contributed by atoms with Crippen molar-refractivity contribution in [1.82, 2.24) is 28.8 Å². The molecule has 0 spiro atoms. The smallest absolute Gasteiger partial charge is 0.159 e. The van der Waals surface area contributed by atoms with Gasteiger partial charge in [0.2, 0.25) is 0 Å². The van der Waals surface area contributed by atoms with Gasteiger partial charge in [-0.15, -0.1) is 0 Å². The number of imidazole rings is 2. The quantitative estimate of drug-likeness (QED) is 0.369. The second kappa shape index (κ2) is 9.10. The van der Waals surface area contributed by atoms with E-state index in [2.05, 4.69) is 49.5 Å². The monoisotopic (exact) mass is 477 g/mol. The van der Waals surface area contributed by atoms with Crippen LogP contribution in [0.3, 0.4) is 0 Å². The van der Waals surface area contributed by atoms with Crippen LogP contribution in [-0.4, -0.2) is 55.6 Å². The van der Waals surface area contributed by atoms with Crippen LogP contribution < -0.4 is 4.74 Å². The van der Waals surface area contributed by atoms with Gasteiger partial charge in [-0.3, -0.25) is 4.40 Å². The van der Waals surface area contributed by atoms with E-state index in [1.165, 1.54) is 12.8 Å². The van der Waals surface area contributed by atoms with E-state index in [0.717, 1.165) is 57.9 Å². The molecular weight excluding hydrogens is 450 g/mol. The zero-order valence-electron chi connectivity index (χ0n) is 20.4. The van der Waals surface area contributed by atoms with Gasteiger partial charge in [0.15, 0.2) is 5.65 Å². The molecule has 5 heterocycles. The lowest BCUT2D eigenvalue weighted by Crippen LogP contribution is -2.34. The number of aromatic nitrogens is 5. The van der Waals surface area contributed by atoms with Gasteiger partial charge in [0.1, 0.15) is 16.8 Å². The van der Waals surface area contributed by atoms with E-state index in [0.29, 0.717) is 18.1 Å². The average molecular weight is 478 g/mol. The molecule has 1 aliphatic rings. The maximum absolute atomic E-state index is 9.30. The Balaban J connectivity index is 1.49. The number of rotatable bonds is 5. The molecule has 1 fully saturated rings. The Kier molecular flexibility index (Phi) is 5.62. The van der Waals surface area contributed by atoms with Crippen molar-refractivity contribution >= 4 is 16.7 Å². The molecule has 1 saturated heterocycles. The van der Waals surface area contributed by atoms with Gasteiger partial charge in [0.05, 0.1) is 42.8 Å². The van der Waals surface area contributed by atoms with Gasteiger partial charge in [0.25, 0.3) is 0 Å². The maximum atomic E-state index is 9.30. The second-order valence-corrected chi connectivity index (χ2v) is 9.61. The molecule has 1 atom stereocenters. The number of fused-ring (bicyclic) bond motifs is 2. The van der Waals surface area contributed by atoms with Gasteiger partial charge in [-0.2, -0.15) is 5.26 Å². The number of benzene rings is 1. The summed E-state index contributed by atoms with van der Waals surface area (Å²) in [5.41, 5.74) is 7.06. The number of nitriles is 1. The van der Waals surface area contributed by atoms with Crippen LogP contribution in [0.15, 0.2) is 61.4 Å². The summed E-state index contributed by atoms with van der Waals surface area (Å²) < 4.78 is 10.4. The zero-order chi connectivity index (χ0) is 24.6. The predicted molar refractivity (Wildman–Crippen MR) is 139 cm³/mol. The Morgan fingerprint density at radius 3 is 2.72 bits per heavy atom. The lowest BCUT2D eigenvalue weighted by Gasteiger charge is -2.29. The first-order valence-electron chi connectivity index (χ1n) is 12.2. The van der Waals surface area contributed by atoms with Crippen molar-refractivity contribution in [2.24, 2.45) is 13.0 Å². The number of hydrogen-bond donors (Lipinski definition) is 0. The summed E-state index contributed by atoms with van der Waals surface area (Å²) in [6.07, 6.45) is 9.70. The van der Waals surface area contributed by atoms with Crippen molar-refractivity contribution in [3.63, 3.8) is 0 Å². The van der Waals surface area contributed by atoms with Crippen LogP contribution in [0.25, 0.3) is 39.1 Å². The average Bonchev–Trinajstić information content (AvgIpc) is 3.54. The maximum Gasteiger partial charge on any atom is 0.159 e. The minimum Gasteiger partial charge on any atom is -0.491 e. The Morgan fingerprint density at radius 1 is 1.06 bits per heavy atom. The molecule has 6 rings (SSSR count). The fourth-order valence-corrected chi connectivity index (χ4v) is 5.18. The van der Waals surface area contributed by atoms with E-state index in [1.54, 1.807) is 6.33 Å². The third kappa shape index (κ3) is 3.97. The number of nitrogens with zero attached hydrogens (tertiary/aromatic N) is 7. The highest BCUT2D eigenvalue weighted by Gasteiger charge is 2.21. The predicted octanol–water partition coefficient (Wildman–Crippen LogP) is 4.54. The molecule has 1 aliphatic heterocycles. The molecule has 0 N–H and O–H groups in total. The molecule has 36 heavy (non-hydrogen) atoms. The summed E-state index contributed by atoms with van der Waals surface area (Å²) in [5, 5.41) is 9.30. The van der Waals surface area contributed by atoms with E-state index < -0.39 is 0 Å². The summed E-state index contributed by atoms with van der Waals surface area (Å²) in [4.78, 5) is 16.0. The van der Waals surface area contributed by atoms with Gasteiger partial charge < -0.3 is 14.2 Å². The van der Waals surface area contributed by atoms with Gasteiger partial charge >= 0.3 is 0 Å². The van der Waals surface area contributed by atoms with Crippen LogP contribution in [0.5, 0.6) is 5.75 Å². The molecule has 0 bridgehead atoms. The van der Waals surface area contributed by atoms with Crippen molar-refractivity contribution in [2.75, 3.05) is 26.7 Å². The molecular formula is C28H27N7O. The van der Waals surface area contributed by atoms with Gasteiger partial charge in [-0.05, 0) is 56.3 Å². The van der Waals surface area contributed by atoms with Crippen LogP contribution >= 0.6 is 0 Å². The Hall–Kier alpha value is -4.22. The van der Waals surface area contributed by atoms with E-state index in [1.807, 2.05) is 54.6 Å². The first-order chi connectivity index (χ1) is 17.6. The Labute approximate surface area is 209 Å². The molecule has 8 nitrogen and oxygen atoms in total. The highest BCUT2D eigenvalue weighted by atomic mass is 16.5. The van der Waals surface area contributed by atoms with E-state index in [4.69, 9.17) is 4.74 Å². The van der Waals surface area contributed by atoms with Crippen molar-refractivity contribution < 1.29 is 4.74 Å². The van der Waals surface area contributed by atoms with Gasteiger partial charge in [-0.25, -0.2) is 15.0 Å². The number of piperidine rings is 1. The molecule has 180 valence electrons. The first kappa shape index (κ1) is 22.3. The molecule has 0 aliphatic carbocycles. The highest BCUT2D eigenvalue weighted by molar-refractivity contribution is 5.88. The minimum absolute atomic E-state index is 0.500. The summed E-state index contributed by atoms with van der Waals surface area (Å²) in [7, 11) is 4.11. The van der Waals surface area contributed by atoms with Crippen LogP contribution in [0.4, 0.5) is 0 Å². The van der Waals surface area contributed by atoms with Crippen molar-refractivity contribution in [1.29, 1.82) is 5.26 Å². The molecule has 1 unspecified atom stereocenters. The number of pyridine rings is 2. The molecule has 0 saturated carbocycles. The minimum atomic E-state index is 0.500.